The van der Waals surface area contributed by atoms with E-state index in [-0.39, 0.29) is 11.9 Å². The molecule has 0 atom stereocenters. The Morgan fingerprint density at radius 2 is 1.38 bits per heavy atom. The number of carbonyl (C=O) groups excluding carboxylic acids is 2. The van der Waals surface area contributed by atoms with Crippen LogP contribution in [0.25, 0.3) is 22.8 Å². The van der Waals surface area contributed by atoms with Crippen molar-refractivity contribution in [1.82, 2.24) is 4.57 Å². The second-order valence-corrected chi connectivity index (χ2v) is 11.9. The molecule has 1 aromatic heterocycles. The van der Waals surface area contributed by atoms with Gasteiger partial charge in [-0.15, -0.1) is 0 Å². The summed E-state index contributed by atoms with van der Waals surface area (Å²) in [6, 6.07) is 31.5. The SMILES string of the molecule is CCOC(=O)c1ccc2c(c1)N(CC)/C(=C/C=C(Cl)/C=C/c1n(-c3ccccc3)c3ccc(C(=O)OCC)cc3[n+]1CC)N2c1ccccc1. The molecular weight excluding hydrogens is 648 g/mol. The first-order chi connectivity index (χ1) is 24.4. The van der Waals surface area contributed by atoms with Crippen molar-refractivity contribution in [2.45, 2.75) is 34.2 Å². The number of aryl methyl sites for hydroxylation is 1. The third-order valence-electron chi connectivity index (χ3n) is 8.49. The molecule has 0 saturated heterocycles. The van der Waals surface area contributed by atoms with Gasteiger partial charge in [-0.3, -0.25) is 4.90 Å². The Kier molecular flexibility index (Phi) is 10.5. The molecule has 0 bridgehead atoms. The van der Waals surface area contributed by atoms with E-state index < -0.39 is 0 Å². The van der Waals surface area contributed by atoms with Crippen LogP contribution in [0.15, 0.2) is 126 Å². The van der Waals surface area contributed by atoms with E-state index in [2.05, 4.69) is 57.0 Å². The average molecular weight is 688 g/mol. The van der Waals surface area contributed by atoms with Gasteiger partial charge in [0.1, 0.15) is 11.5 Å². The lowest BCUT2D eigenvalue weighted by Crippen LogP contribution is -2.35. The molecule has 0 radical (unpaired) electrons. The van der Waals surface area contributed by atoms with Crippen molar-refractivity contribution in [2.75, 3.05) is 29.6 Å². The fraction of sp³-hybridized carbons (Fsp3) is 0.195. The summed E-state index contributed by atoms with van der Waals surface area (Å²) in [5, 5.41) is 0.518. The van der Waals surface area contributed by atoms with E-state index in [0.29, 0.717) is 42.5 Å². The van der Waals surface area contributed by atoms with Gasteiger partial charge < -0.3 is 14.4 Å². The second-order valence-electron chi connectivity index (χ2n) is 11.4. The van der Waals surface area contributed by atoms with E-state index in [0.717, 1.165) is 45.4 Å². The number of rotatable bonds is 11. The molecule has 5 aromatic rings. The number of nitrogens with zero attached hydrogens (tertiary/aromatic N) is 4. The number of esters is 2. The number of halogens is 1. The molecule has 0 saturated carbocycles. The molecule has 50 heavy (non-hydrogen) atoms. The first-order valence-corrected chi connectivity index (χ1v) is 17.3. The smallest absolute Gasteiger partial charge is 0.338 e. The van der Waals surface area contributed by atoms with Gasteiger partial charge in [0.05, 0.1) is 42.3 Å². The van der Waals surface area contributed by atoms with E-state index in [1.165, 1.54) is 0 Å². The van der Waals surface area contributed by atoms with Crippen LogP contribution in [-0.4, -0.2) is 36.3 Å². The van der Waals surface area contributed by atoms with Gasteiger partial charge in [0.15, 0.2) is 11.0 Å². The van der Waals surface area contributed by atoms with E-state index in [1.54, 1.807) is 26.0 Å². The molecular formula is C41H40ClN4O4+. The minimum Gasteiger partial charge on any atom is -0.462 e. The number of para-hydroxylation sites is 2. The Morgan fingerprint density at radius 1 is 0.760 bits per heavy atom. The number of benzene rings is 4. The highest BCUT2D eigenvalue weighted by molar-refractivity contribution is 6.31. The number of fused-ring (bicyclic) bond motifs is 2. The summed E-state index contributed by atoms with van der Waals surface area (Å²) >= 11 is 6.95. The van der Waals surface area contributed by atoms with Crippen LogP contribution in [0.3, 0.4) is 0 Å². The average Bonchev–Trinajstić information content (AvgIpc) is 3.64. The Hall–Kier alpha value is -5.60. The van der Waals surface area contributed by atoms with Gasteiger partial charge in [-0.25, -0.2) is 14.2 Å². The quantitative estimate of drug-likeness (QED) is 0.0785. The molecule has 2 heterocycles. The molecule has 0 spiro atoms. The van der Waals surface area contributed by atoms with Crippen molar-refractivity contribution in [1.29, 1.82) is 0 Å². The zero-order chi connectivity index (χ0) is 35.2. The molecule has 0 unspecified atom stereocenters. The largest absolute Gasteiger partial charge is 0.462 e. The maximum atomic E-state index is 12.6. The fourth-order valence-corrected chi connectivity index (χ4v) is 6.46. The molecule has 0 aliphatic carbocycles. The summed E-state index contributed by atoms with van der Waals surface area (Å²) in [6.07, 6.45) is 7.77. The molecule has 9 heteroatoms. The molecule has 0 N–H and O–H groups in total. The van der Waals surface area contributed by atoms with Crippen LogP contribution >= 0.6 is 11.6 Å². The summed E-state index contributed by atoms with van der Waals surface area (Å²) < 4.78 is 14.9. The van der Waals surface area contributed by atoms with E-state index in [9.17, 15) is 9.59 Å². The molecule has 1 aliphatic rings. The minimum absolute atomic E-state index is 0.310. The summed E-state index contributed by atoms with van der Waals surface area (Å²) in [5.74, 6) is 1.10. The number of aromatic nitrogens is 2. The number of imidazole rings is 1. The van der Waals surface area contributed by atoms with Crippen molar-refractivity contribution in [3.8, 4) is 5.69 Å². The number of ether oxygens (including phenoxy) is 2. The van der Waals surface area contributed by atoms with Gasteiger partial charge >= 0.3 is 11.9 Å². The highest BCUT2D eigenvalue weighted by atomic mass is 35.5. The van der Waals surface area contributed by atoms with Crippen LogP contribution in [0.1, 0.15) is 54.2 Å². The second kappa shape index (κ2) is 15.3. The van der Waals surface area contributed by atoms with Crippen LogP contribution < -0.4 is 14.4 Å². The predicted molar refractivity (Wildman–Crippen MR) is 200 cm³/mol. The monoisotopic (exact) mass is 687 g/mol. The molecule has 4 aromatic carbocycles. The highest BCUT2D eigenvalue weighted by Crippen LogP contribution is 2.46. The van der Waals surface area contributed by atoms with Crippen LogP contribution in [0.5, 0.6) is 0 Å². The number of carbonyl (C=O) groups is 2. The Balaban J connectivity index is 1.42. The molecule has 1 aliphatic heterocycles. The molecule has 0 amide bonds. The Morgan fingerprint density at radius 3 is 2.00 bits per heavy atom. The minimum atomic E-state index is -0.350. The maximum absolute atomic E-state index is 12.6. The Labute approximate surface area is 297 Å². The Bertz CT molecular complexity index is 2120. The summed E-state index contributed by atoms with van der Waals surface area (Å²) in [4.78, 5) is 29.6. The van der Waals surface area contributed by atoms with Crippen LogP contribution in [0.2, 0.25) is 0 Å². The first-order valence-electron chi connectivity index (χ1n) is 16.9. The van der Waals surface area contributed by atoms with E-state index in [1.807, 2.05) is 85.0 Å². The summed E-state index contributed by atoms with van der Waals surface area (Å²) in [5.41, 5.74) is 6.70. The number of hydrogen-bond donors (Lipinski definition) is 0. The van der Waals surface area contributed by atoms with Gasteiger partial charge in [-0.05, 0) is 101 Å². The highest BCUT2D eigenvalue weighted by Gasteiger charge is 2.32. The third kappa shape index (κ3) is 6.67. The van der Waals surface area contributed by atoms with Crippen molar-refractivity contribution in [2.24, 2.45) is 0 Å². The molecule has 6 rings (SSSR count). The van der Waals surface area contributed by atoms with Gasteiger partial charge in [-0.2, -0.15) is 4.57 Å². The fourth-order valence-electron chi connectivity index (χ4n) is 6.33. The zero-order valence-corrected chi connectivity index (χ0v) is 29.4. The molecule has 8 nitrogen and oxygen atoms in total. The number of hydrogen-bond acceptors (Lipinski definition) is 6. The first kappa shape index (κ1) is 34.3. The maximum Gasteiger partial charge on any atom is 0.338 e. The summed E-state index contributed by atoms with van der Waals surface area (Å²) in [7, 11) is 0. The standard InChI is InChI=1S/C41H40ClN4O4/c1-5-43-36-27-29(40(47)49-7-3)19-23-34(36)45(32-15-11-9-12-16-32)38(43)25-21-31(42)22-26-39-44(6-2)37-28-30(41(48)50-8-4)20-24-35(37)46(39)33-17-13-10-14-18-33/h9-28H,5-8H2,1-4H3/q+1. The summed E-state index contributed by atoms with van der Waals surface area (Å²) in [6.45, 7) is 9.71. The number of allylic oxidation sites excluding steroid dienone is 4. The molecule has 0 fully saturated rings. The lowest BCUT2D eigenvalue weighted by molar-refractivity contribution is -0.670. The topological polar surface area (TPSA) is 67.9 Å². The van der Waals surface area contributed by atoms with Crippen LogP contribution in [0.4, 0.5) is 17.1 Å². The van der Waals surface area contributed by atoms with E-state index in [4.69, 9.17) is 21.1 Å². The van der Waals surface area contributed by atoms with Crippen LogP contribution in [-0.2, 0) is 16.0 Å². The predicted octanol–water partition coefficient (Wildman–Crippen LogP) is 8.95. The zero-order valence-electron chi connectivity index (χ0n) is 28.7. The third-order valence-corrected chi connectivity index (χ3v) is 8.74. The van der Waals surface area contributed by atoms with Gasteiger partial charge in [0.25, 0.3) is 5.82 Å². The van der Waals surface area contributed by atoms with Crippen molar-refractivity contribution < 1.29 is 23.6 Å². The normalized spacial score (nSPS) is 13.8. The van der Waals surface area contributed by atoms with Gasteiger partial charge in [-0.1, -0.05) is 48.0 Å². The molecule has 254 valence electrons. The number of anilines is 3. The lowest BCUT2D eigenvalue weighted by Gasteiger charge is -2.24. The van der Waals surface area contributed by atoms with Gasteiger partial charge in [0.2, 0.25) is 0 Å². The van der Waals surface area contributed by atoms with Crippen molar-refractivity contribution in [3.63, 3.8) is 0 Å². The van der Waals surface area contributed by atoms with Gasteiger partial charge in [0, 0.05) is 29.4 Å². The van der Waals surface area contributed by atoms with E-state index >= 15 is 0 Å². The van der Waals surface area contributed by atoms with Crippen molar-refractivity contribution >= 4 is 57.7 Å². The van der Waals surface area contributed by atoms with Crippen LogP contribution in [0, 0.1) is 0 Å². The van der Waals surface area contributed by atoms with Crippen molar-refractivity contribution in [3.05, 3.63) is 143 Å². The lowest BCUT2D eigenvalue weighted by atomic mass is 10.1.